The first kappa shape index (κ1) is 12.3. The van der Waals surface area contributed by atoms with Crippen LogP contribution in [0.5, 0.6) is 0 Å². The van der Waals surface area contributed by atoms with Gasteiger partial charge >= 0.3 is 0 Å². The summed E-state index contributed by atoms with van der Waals surface area (Å²) >= 11 is 7.35. The third-order valence-corrected chi connectivity index (χ3v) is 4.23. The van der Waals surface area contributed by atoms with Gasteiger partial charge in [-0.25, -0.2) is 4.98 Å². The number of aliphatic hydroxyl groups is 1. The molecule has 1 aromatic rings. The molecule has 1 aliphatic heterocycles. The largest absolute Gasteiger partial charge is 0.393 e. The van der Waals surface area contributed by atoms with E-state index in [9.17, 15) is 5.11 Å². The topological polar surface area (TPSA) is 36.4 Å². The van der Waals surface area contributed by atoms with Crippen molar-refractivity contribution in [1.29, 1.82) is 0 Å². The molecule has 3 nitrogen and oxygen atoms in total. The van der Waals surface area contributed by atoms with Crippen LogP contribution in [0.3, 0.4) is 0 Å². The summed E-state index contributed by atoms with van der Waals surface area (Å²) in [6.07, 6.45) is 3.95. The molecule has 0 spiro atoms. The Kier molecular flexibility index (Phi) is 4.19. The minimum atomic E-state index is -0.201. The summed E-state index contributed by atoms with van der Waals surface area (Å²) in [7, 11) is 0. The van der Waals surface area contributed by atoms with Crippen LogP contribution in [0.15, 0.2) is 6.20 Å². The molecule has 5 heteroatoms. The zero-order valence-corrected chi connectivity index (χ0v) is 11.0. The first-order valence-corrected chi connectivity index (χ1v) is 6.85. The minimum absolute atomic E-state index is 0.201. The number of piperidine rings is 1. The highest BCUT2D eigenvalue weighted by molar-refractivity contribution is 7.15. The molecule has 0 aliphatic carbocycles. The molecule has 0 saturated carbocycles. The lowest BCUT2D eigenvalue weighted by molar-refractivity contribution is 0.0603. The summed E-state index contributed by atoms with van der Waals surface area (Å²) in [6, 6.07) is 0. The second-order valence-electron chi connectivity index (χ2n) is 4.46. The van der Waals surface area contributed by atoms with E-state index >= 15 is 0 Å². The van der Waals surface area contributed by atoms with Gasteiger partial charge in [0.1, 0.15) is 0 Å². The molecule has 1 aromatic heterocycles. The number of rotatable bonds is 3. The summed E-state index contributed by atoms with van der Waals surface area (Å²) in [4.78, 5) is 7.63. The minimum Gasteiger partial charge on any atom is -0.393 e. The Hall–Kier alpha value is -0.160. The van der Waals surface area contributed by atoms with Crippen LogP contribution >= 0.6 is 22.9 Å². The van der Waals surface area contributed by atoms with Gasteiger partial charge in [-0.3, -0.25) is 4.90 Å². The van der Waals surface area contributed by atoms with Crippen molar-refractivity contribution in [2.45, 2.75) is 32.4 Å². The van der Waals surface area contributed by atoms with Gasteiger partial charge in [-0.15, -0.1) is 11.3 Å². The van der Waals surface area contributed by atoms with Gasteiger partial charge in [0, 0.05) is 24.2 Å². The summed E-state index contributed by atoms with van der Waals surface area (Å²) in [5.74, 6) is 0.414. The lowest BCUT2D eigenvalue weighted by Gasteiger charge is -2.33. The quantitative estimate of drug-likeness (QED) is 0.907. The SMILES string of the molecule is CC(O)C1CCCN(Cc2cnc(Cl)s2)C1. The maximum absolute atomic E-state index is 9.61. The van der Waals surface area contributed by atoms with Crippen molar-refractivity contribution >= 4 is 22.9 Å². The second-order valence-corrected chi connectivity index (χ2v) is 6.15. The van der Waals surface area contributed by atoms with Crippen molar-refractivity contribution in [3.05, 3.63) is 15.5 Å². The van der Waals surface area contributed by atoms with Crippen LogP contribution < -0.4 is 0 Å². The number of aliphatic hydroxyl groups excluding tert-OH is 1. The Morgan fingerprint density at radius 1 is 1.75 bits per heavy atom. The normalized spacial score (nSPS) is 24.6. The maximum atomic E-state index is 9.61. The van der Waals surface area contributed by atoms with Crippen molar-refractivity contribution in [3.63, 3.8) is 0 Å². The molecular formula is C11H17ClN2OS. The highest BCUT2D eigenvalue weighted by Crippen LogP contribution is 2.24. The first-order valence-electron chi connectivity index (χ1n) is 5.66. The lowest BCUT2D eigenvalue weighted by atomic mass is 9.93. The van der Waals surface area contributed by atoms with Crippen molar-refractivity contribution in [1.82, 2.24) is 9.88 Å². The van der Waals surface area contributed by atoms with Gasteiger partial charge in [0.05, 0.1) is 6.10 Å². The molecular weight excluding hydrogens is 244 g/mol. The molecule has 2 rings (SSSR count). The van der Waals surface area contributed by atoms with Crippen LogP contribution in [0.1, 0.15) is 24.6 Å². The molecule has 16 heavy (non-hydrogen) atoms. The van der Waals surface area contributed by atoms with E-state index in [2.05, 4.69) is 9.88 Å². The molecule has 2 heterocycles. The van der Waals surface area contributed by atoms with Gasteiger partial charge in [0.25, 0.3) is 0 Å². The molecule has 1 saturated heterocycles. The smallest absolute Gasteiger partial charge is 0.183 e. The van der Waals surface area contributed by atoms with E-state index in [1.54, 1.807) is 11.3 Å². The highest BCUT2D eigenvalue weighted by atomic mass is 35.5. The predicted molar refractivity (Wildman–Crippen MR) is 66.8 cm³/mol. The summed E-state index contributed by atoms with van der Waals surface area (Å²) in [5, 5.41) is 9.61. The number of thiazole rings is 1. The average molecular weight is 261 g/mol. The van der Waals surface area contributed by atoms with E-state index in [4.69, 9.17) is 11.6 Å². The average Bonchev–Trinajstić information content (AvgIpc) is 2.64. The fraction of sp³-hybridized carbons (Fsp3) is 0.727. The Balaban J connectivity index is 1.90. The zero-order valence-electron chi connectivity index (χ0n) is 9.40. The highest BCUT2D eigenvalue weighted by Gasteiger charge is 2.23. The van der Waals surface area contributed by atoms with E-state index in [0.29, 0.717) is 10.4 Å². The number of hydrogen-bond acceptors (Lipinski definition) is 4. The fourth-order valence-corrected chi connectivity index (χ4v) is 3.23. The zero-order chi connectivity index (χ0) is 11.5. The Bertz CT molecular complexity index is 342. The molecule has 90 valence electrons. The van der Waals surface area contributed by atoms with E-state index < -0.39 is 0 Å². The van der Waals surface area contributed by atoms with Gasteiger partial charge in [-0.2, -0.15) is 0 Å². The number of aromatic nitrogens is 1. The van der Waals surface area contributed by atoms with E-state index in [1.807, 2.05) is 13.1 Å². The molecule has 1 aliphatic rings. The number of halogens is 1. The van der Waals surface area contributed by atoms with Gasteiger partial charge in [-0.05, 0) is 32.2 Å². The monoisotopic (exact) mass is 260 g/mol. The van der Waals surface area contributed by atoms with E-state index in [1.165, 1.54) is 11.3 Å². The lowest BCUT2D eigenvalue weighted by Crippen LogP contribution is -2.38. The molecule has 0 aromatic carbocycles. The summed E-state index contributed by atoms with van der Waals surface area (Å²) in [6.45, 7) is 4.89. The van der Waals surface area contributed by atoms with Crippen LogP contribution in [0.2, 0.25) is 4.47 Å². The first-order chi connectivity index (χ1) is 7.65. The van der Waals surface area contributed by atoms with Gasteiger partial charge in [0.15, 0.2) is 4.47 Å². The van der Waals surface area contributed by atoms with Crippen LogP contribution in [0.25, 0.3) is 0 Å². The number of likely N-dealkylation sites (tertiary alicyclic amines) is 1. The third-order valence-electron chi connectivity index (χ3n) is 3.13. The van der Waals surface area contributed by atoms with Crippen LogP contribution in [-0.2, 0) is 6.54 Å². The standard InChI is InChI=1S/C11H17ClN2OS/c1-8(15)9-3-2-4-14(6-9)7-10-5-13-11(12)16-10/h5,8-9,15H,2-4,6-7H2,1H3. The van der Waals surface area contributed by atoms with Crippen molar-refractivity contribution in [2.75, 3.05) is 13.1 Å². The summed E-state index contributed by atoms with van der Waals surface area (Å²) < 4.78 is 0.610. The Labute approximate surface area is 105 Å². The van der Waals surface area contributed by atoms with Crippen LogP contribution in [0, 0.1) is 5.92 Å². The van der Waals surface area contributed by atoms with Crippen molar-refractivity contribution < 1.29 is 5.11 Å². The maximum Gasteiger partial charge on any atom is 0.183 e. The van der Waals surface area contributed by atoms with Crippen molar-refractivity contribution in [2.24, 2.45) is 5.92 Å². The van der Waals surface area contributed by atoms with E-state index in [0.717, 1.165) is 26.1 Å². The predicted octanol–water partition coefficient (Wildman–Crippen LogP) is 2.39. The van der Waals surface area contributed by atoms with Crippen LogP contribution in [0.4, 0.5) is 0 Å². The molecule has 1 fully saturated rings. The van der Waals surface area contributed by atoms with Gasteiger partial charge in [0.2, 0.25) is 0 Å². The molecule has 0 radical (unpaired) electrons. The Morgan fingerprint density at radius 2 is 2.56 bits per heavy atom. The third kappa shape index (κ3) is 3.17. The molecule has 1 N–H and O–H groups in total. The fourth-order valence-electron chi connectivity index (χ4n) is 2.21. The molecule has 0 amide bonds. The van der Waals surface area contributed by atoms with Gasteiger partial charge in [-0.1, -0.05) is 11.6 Å². The molecule has 0 bridgehead atoms. The number of nitrogens with zero attached hydrogens (tertiary/aromatic N) is 2. The second kappa shape index (κ2) is 5.45. The van der Waals surface area contributed by atoms with Crippen LogP contribution in [-0.4, -0.2) is 34.2 Å². The van der Waals surface area contributed by atoms with Crippen molar-refractivity contribution in [3.8, 4) is 0 Å². The molecule has 2 atom stereocenters. The van der Waals surface area contributed by atoms with E-state index in [-0.39, 0.29) is 6.10 Å². The molecule has 2 unspecified atom stereocenters. The van der Waals surface area contributed by atoms with Gasteiger partial charge < -0.3 is 5.11 Å². The number of hydrogen-bond donors (Lipinski definition) is 1. The summed E-state index contributed by atoms with van der Waals surface area (Å²) in [5.41, 5.74) is 0. The Morgan fingerprint density at radius 3 is 3.19 bits per heavy atom.